The van der Waals surface area contributed by atoms with Gasteiger partial charge in [-0.1, -0.05) is 30.3 Å². The second-order valence-corrected chi connectivity index (χ2v) is 5.21. The quantitative estimate of drug-likeness (QED) is 0.655. The van der Waals surface area contributed by atoms with Crippen molar-refractivity contribution in [3.63, 3.8) is 0 Å². The maximum absolute atomic E-state index is 5.67. The molecule has 1 aromatic carbocycles. The summed E-state index contributed by atoms with van der Waals surface area (Å²) in [6.07, 6.45) is 5.24. The summed E-state index contributed by atoms with van der Waals surface area (Å²) in [7, 11) is 0. The summed E-state index contributed by atoms with van der Waals surface area (Å²) in [5.41, 5.74) is 1.83. The van der Waals surface area contributed by atoms with Crippen molar-refractivity contribution in [2.75, 3.05) is 0 Å². The average Bonchev–Trinajstić information content (AvgIpc) is 2.93. The van der Waals surface area contributed by atoms with Crippen molar-refractivity contribution < 1.29 is 4.74 Å². The van der Waals surface area contributed by atoms with E-state index in [1.807, 2.05) is 39.3 Å². The lowest BCUT2D eigenvalue weighted by Crippen LogP contribution is -1.98. The minimum atomic E-state index is 0.484. The van der Waals surface area contributed by atoms with Gasteiger partial charge in [-0.05, 0) is 5.56 Å². The van der Waals surface area contributed by atoms with E-state index in [0.29, 0.717) is 18.3 Å². The molecule has 6 heteroatoms. The molecule has 0 saturated heterocycles. The Morgan fingerprint density at radius 1 is 1.10 bits per heavy atom. The van der Waals surface area contributed by atoms with Gasteiger partial charge in [-0.15, -0.1) is 0 Å². The van der Waals surface area contributed by atoms with Gasteiger partial charge in [-0.2, -0.15) is 4.98 Å². The van der Waals surface area contributed by atoms with Gasteiger partial charge in [0.15, 0.2) is 5.82 Å². The zero-order chi connectivity index (χ0) is 13.8. The standard InChI is InChI=1S/C14H11IN4O/c15-19-8-12(17-10-19)14-16-7-6-13(18-14)20-9-11-4-2-1-3-5-11/h1-8,10H,9H2. The van der Waals surface area contributed by atoms with Crippen LogP contribution in [-0.4, -0.2) is 17.7 Å². The van der Waals surface area contributed by atoms with Crippen LogP contribution in [0.5, 0.6) is 5.88 Å². The third-order valence-electron chi connectivity index (χ3n) is 2.64. The molecule has 0 atom stereocenters. The highest BCUT2D eigenvalue weighted by Crippen LogP contribution is 2.16. The molecule has 0 saturated carbocycles. The minimum Gasteiger partial charge on any atom is -0.473 e. The SMILES string of the molecule is In1cnc(-c2nccc(OCc3ccccc3)n2)c1. The zero-order valence-corrected chi connectivity index (χ0v) is 12.6. The first kappa shape index (κ1) is 13.0. The Morgan fingerprint density at radius 2 is 1.95 bits per heavy atom. The normalized spacial score (nSPS) is 10.4. The molecule has 0 unspecified atom stereocenters. The Kier molecular flexibility index (Phi) is 3.91. The van der Waals surface area contributed by atoms with E-state index in [1.165, 1.54) is 0 Å². The Morgan fingerprint density at radius 3 is 2.70 bits per heavy atom. The van der Waals surface area contributed by atoms with E-state index in [1.54, 1.807) is 18.6 Å². The molecule has 2 heterocycles. The van der Waals surface area contributed by atoms with Gasteiger partial charge in [0.2, 0.25) is 5.88 Å². The number of nitrogens with zero attached hydrogens (tertiary/aromatic N) is 4. The molecule has 100 valence electrons. The van der Waals surface area contributed by atoms with E-state index in [4.69, 9.17) is 4.74 Å². The van der Waals surface area contributed by atoms with Crippen LogP contribution in [0.4, 0.5) is 0 Å². The monoisotopic (exact) mass is 378 g/mol. The van der Waals surface area contributed by atoms with Crippen LogP contribution in [0.1, 0.15) is 5.56 Å². The number of imidazole rings is 1. The Balaban J connectivity index is 1.75. The van der Waals surface area contributed by atoms with Crippen molar-refractivity contribution in [1.29, 1.82) is 0 Å². The predicted molar refractivity (Wildman–Crippen MR) is 83.4 cm³/mol. The number of hydrogen-bond acceptors (Lipinski definition) is 4. The first-order valence-corrected chi connectivity index (χ1v) is 6.98. The van der Waals surface area contributed by atoms with Crippen molar-refractivity contribution in [2.45, 2.75) is 6.61 Å². The molecule has 0 radical (unpaired) electrons. The lowest BCUT2D eigenvalue weighted by molar-refractivity contribution is 0.293. The van der Waals surface area contributed by atoms with E-state index in [0.717, 1.165) is 11.3 Å². The summed E-state index contributed by atoms with van der Waals surface area (Å²) in [5, 5.41) is 0. The van der Waals surface area contributed by atoms with Crippen LogP contribution >= 0.6 is 22.9 Å². The fourth-order valence-electron chi connectivity index (χ4n) is 1.69. The number of hydrogen-bond donors (Lipinski definition) is 0. The van der Waals surface area contributed by atoms with E-state index >= 15 is 0 Å². The average molecular weight is 378 g/mol. The fourth-order valence-corrected chi connectivity index (χ4v) is 2.08. The summed E-state index contributed by atoms with van der Waals surface area (Å²) in [5.74, 6) is 1.10. The first-order chi connectivity index (χ1) is 9.81. The molecule has 0 fully saturated rings. The predicted octanol–water partition coefficient (Wildman–Crippen LogP) is 3.12. The van der Waals surface area contributed by atoms with Crippen molar-refractivity contribution in [3.8, 4) is 17.4 Å². The highest BCUT2D eigenvalue weighted by atomic mass is 127. The molecule has 3 rings (SSSR count). The number of halogens is 1. The summed E-state index contributed by atoms with van der Waals surface area (Å²) in [6.45, 7) is 0.484. The lowest BCUT2D eigenvalue weighted by Gasteiger charge is -2.05. The molecule has 0 aliphatic carbocycles. The van der Waals surface area contributed by atoms with Gasteiger partial charge >= 0.3 is 0 Å². The van der Waals surface area contributed by atoms with Crippen LogP contribution in [0.3, 0.4) is 0 Å². The number of ether oxygens (including phenoxy) is 1. The third-order valence-corrected chi connectivity index (χ3v) is 3.17. The Bertz CT molecular complexity index is 699. The summed E-state index contributed by atoms with van der Waals surface area (Å²) in [6, 6.07) is 11.7. The molecule has 0 amide bonds. The highest BCUT2D eigenvalue weighted by molar-refractivity contribution is 14.1. The maximum Gasteiger partial charge on any atom is 0.217 e. The molecule has 5 nitrogen and oxygen atoms in total. The molecular weight excluding hydrogens is 367 g/mol. The summed E-state index contributed by atoms with van der Waals surface area (Å²) in [4.78, 5) is 12.8. The van der Waals surface area contributed by atoms with E-state index in [2.05, 4.69) is 37.8 Å². The largest absolute Gasteiger partial charge is 0.473 e. The Labute approximate surface area is 130 Å². The second kappa shape index (κ2) is 6.00. The number of rotatable bonds is 4. The topological polar surface area (TPSA) is 52.8 Å². The first-order valence-electron chi connectivity index (χ1n) is 6.01. The molecule has 0 bridgehead atoms. The van der Waals surface area contributed by atoms with Crippen LogP contribution in [-0.2, 0) is 6.61 Å². The van der Waals surface area contributed by atoms with Crippen LogP contribution < -0.4 is 4.74 Å². The van der Waals surface area contributed by atoms with Crippen molar-refractivity contribution in [1.82, 2.24) is 17.7 Å². The molecule has 0 aliphatic heterocycles. The van der Waals surface area contributed by atoms with E-state index < -0.39 is 0 Å². The molecule has 0 aliphatic rings. The van der Waals surface area contributed by atoms with Crippen molar-refractivity contribution in [3.05, 3.63) is 60.7 Å². The molecule has 20 heavy (non-hydrogen) atoms. The van der Waals surface area contributed by atoms with E-state index in [-0.39, 0.29) is 0 Å². The van der Waals surface area contributed by atoms with Crippen LogP contribution in [0, 0.1) is 0 Å². The number of aromatic nitrogens is 4. The summed E-state index contributed by atoms with van der Waals surface area (Å²) < 4.78 is 7.50. The van der Waals surface area contributed by atoms with Gasteiger partial charge in [0.25, 0.3) is 0 Å². The fraction of sp³-hybridized carbons (Fsp3) is 0.0714. The third kappa shape index (κ3) is 3.13. The van der Waals surface area contributed by atoms with Crippen molar-refractivity contribution >= 4 is 22.9 Å². The molecule has 0 spiro atoms. The molecule has 2 aromatic heterocycles. The summed E-state index contributed by atoms with van der Waals surface area (Å²) >= 11 is 2.13. The van der Waals surface area contributed by atoms with Crippen LogP contribution in [0.15, 0.2) is 55.1 Å². The van der Waals surface area contributed by atoms with E-state index in [9.17, 15) is 0 Å². The minimum absolute atomic E-state index is 0.484. The Hall–Kier alpha value is -1.96. The second-order valence-electron chi connectivity index (χ2n) is 4.10. The van der Waals surface area contributed by atoms with Crippen LogP contribution in [0.25, 0.3) is 11.5 Å². The molecule has 0 N–H and O–H groups in total. The lowest BCUT2D eigenvalue weighted by atomic mass is 10.2. The van der Waals surface area contributed by atoms with Crippen LogP contribution in [0.2, 0.25) is 0 Å². The highest BCUT2D eigenvalue weighted by Gasteiger charge is 2.06. The van der Waals surface area contributed by atoms with Gasteiger partial charge in [0.05, 0.1) is 22.9 Å². The number of benzene rings is 1. The van der Waals surface area contributed by atoms with Gasteiger partial charge < -0.3 is 4.74 Å². The van der Waals surface area contributed by atoms with Gasteiger partial charge in [-0.25, -0.2) is 9.97 Å². The smallest absolute Gasteiger partial charge is 0.217 e. The van der Waals surface area contributed by atoms with Gasteiger partial charge in [-0.3, -0.25) is 2.78 Å². The van der Waals surface area contributed by atoms with Gasteiger partial charge in [0.1, 0.15) is 18.6 Å². The molecule has 3 aromatic rings. The zero-order valence-electron chi connectivity index (χ0n) is 10.5. The molecular formula is C14H11IN4O. The van der Waals surface area contributed by atoms with Crippen molar-refractivity contribution in [2.24, 2.45) is 0 Å². The van der Waals surface area contributed by atoms with Gasteiger partial charge in [0, 0.05) is 18.5 Å². The maximum atomic E-state index is 5.67.